The molecule has 0 aliphatic heterocycles. The van der Waals surface area contributed by atoms with Crippen molar-refractivity contribution in [3.63, 3.8) is 0 Å². The van der Waals surface area contributed by atoms with Gasteiger partial charge >= 0.3 is 5.97 Å². The number of aromatic carboxylic acids is 1. The summed E-state index contributed by atoms with van der Waals surface area (Å²) in [5.74, 6) is -1.36. The second-order valence-corrected chi connectivity index (χ2v) is 3.32. The van der Waals surface area contributed by atoms with Gasteiger partial charge in [-0.1, -0.05) is 0 Å². The van der Waals surface area contributed by atoms with Gasteiger partial charge in [0, 0.05) is 4.90 Å². The lowest BCUT2D eigenvalue weighted by atomic mass is 10.2. The highest BCUT2D eigenvalue weighted by atomic mass is 32.1. The summed E-state index contributed by atoms with van der Waals surface area (Å²) in [7, 11) is 0. The van der Waals surface area contributed by atoms with E-state index in [1.54, 1.807) is 0 Å². The van der Waals surface area contributed by atoms with E-state index in [-0.39, 0.29) is 9.79 Å². The standard InChI is InChI=1S/C7H5NO4S2/c9-7(10)3-1-2-4(13)6(14)5(3)8(11)12/h1-2,13-14H,(H,9,10). The van der Waals surface area contributed by atoms with Crippen LogP contribution in [-0.2, 0) is 0 Å². The molecule has 14 heavy (non-hydrogen) atoms. The lowest BCUT2D eigenvalue weighted by molar-refractivity contribution is -0.388. The number of rotatable bonds is 2. The van der Waals surface area contributed by atoms with Crippen molar-refractivity contribution in [1.29, 1.82) is 0 Å². The molecule has 0 bridgehead atoms. The van der Waals surface area contributed by atoms with Crippen LogP contribution in [0.15, 0.2) is 21.9 Å². The third-order valence-electron chi connectivity index (χ3n) is 1.54. The van der Waals surface area contributed by atoms with Gasteiger partial charge in [-0.3, -0.25) is 10.1 Å². The van der Waals surface area contributed by atoms with E-state index in [4.69, 9.17) is 5.11 Å². The summed E-state index contributed by atoms with van der Waals surface area (Å²) in [4.78, 5) is 20.6. The Morgan fingerprint density at radius 2 is 2.00 bits per heavy atom. The van der Waals surface area contributed by atoms with Crippen LogP contribution in [0.4, 0.5) is 5.69 Å². The normalized spacial score (nSPS) is 9.86. The molecular formula is C7H5NO4S2. The van der Waals surface area contributed by atoms with E-state index < -0.39 is 22.1 Å². The van der Waals surface area contributed by atoms with Crippen molar-refractivity contribution in [2.45, 2.75) is 9.79 Å². The van der Waals surface area contributed by atoms with Crippen LogP contribution in [0.1, 0.15) is 10.4 Å². The fourth-order valence-electron chi connectivity index (χ4n) is 0.926. The minimum Gasteiger partial charge on any atom is -0.477 e. The van der Waals surface area contributed by atoms with Gasteiger partial charge in [-0.2, -0.15) is 0 Å². The average Bonchev–Trinajstić information content (AvgIpc) is 2.08. The summed E-state index contributed by atoms with van der Waals surface area (Å²) >= 11 is 7.74. The van der Waals surface area contributed by atoms with Crippen molar-refractivity contribution >= 4 is 36.9 Å². The first-order valence-corrected chi connectivity index (χ1v) is 4.27. The fraction of sp³-hybridized carbons (Fsp3) is 0. The summed E-state index contributed by atoms with van der Waals surface area (Å²) in [5, 5.41) is 19.2. The fourth-order valence-corrected chi connectivity index (χ4v) is 1.38. The number of hydrogen-bond acceptors (Lipinski definition) is 5. The monoisotopic (exact) mass is 231 g/mol. The molecule has 7 heteroatoms. The van der Waals surface area contributed by atoms with Gasteiger partial charge < -0.3 is 5.11 Å². The van der Waals surface area contributed by atoms with Crippen LogP contribution in [0, 0.1) is 10.1 Å². The first-order valence-electron chi connectivity index (χ1n) is 3.37. The van der Waals surface area contributed by atoms with Gasteiger partial charge in [-0.15, -0.1) is 25.3 Å². The van der Waals surface area contributed by atoms with Gasteiger partial charge in [-0.25, -0.2) is 4.79 Å². The molecule has 5 nitrogen and oxygen atoms in total. The summed E-state index contributed by atoms with van der Waals surface area (Å²) in [6.07, 6.45) is 0. The van der Waals surface area contributed by atoms with E-state index in [0.29, 0.717) is 0 Å². The first kappa shape index (κ1) is 10.9. The predicted octanol–water partition coefficient (Wildman–Crippen LogP) is 1.87. The van der Waals surface area contributed by atoms with E-state index in [9.17, 15) is 14.9 Å². The Morgan fingerprint density at radius 1 is 1.43 bits per heavy atom. The van der Waals surface area contributed by atoms with Crippen LogP contribution >= 0.6 is 25.3 Å². The smallest absolute Gasteiger partial charge is 0.342 e. The lowest BCUT2D eigenvalue weighted by Crippen LogP contribution is -2.03. The van der Waals surface area contributed by atoms with Crippen molar-refractivity contribution in [3.8, 4) is 0 Å². The topological polar surface area (TPSA) is 80.4 Å². The van der Waals surface area contributed by atoms with Crippen molar-refractivity contribution in [2.75, 3.05) is 0 Å². The van der Waals surface area contributed by atoms with E-state index >= 15 is 0 Å². The van der Waals surface area contributed by atoms with Crippen LogP contribution < -0.4 is 0 Å². The molecule has 0 radical (unpaired) electrons. The van der Waals surface area contributed by atoms with E-state index in [0.717, 1.165) is 6.07 Å². The number of thiol groups is 2. The predicted molar refractivity (Wildman–Crippen MR) is 54.6 cm³/mol. The Bertz CT molecular complexity index is 418. The van der Waals surface area contributed by atoms with Crippen molar-refractivity contribution in [2.24, 2.45) is 0 Å². The van der Waals surface area contributed by atoms with Gasteiger partial charge in [0.2, 0.25) is 0 Å². The quantitative estimate of drug-likeness (QED) is 0.412. The third kappa shape index (κ3) is 1.83. The molecule has 0 aliphatic rings. The Kier molecular flexibility index (Phi) is 3.02. The largest absolute Gasteiger partial charge is 0.477 e. The van der Waals surface area contributed by atoms with Gasteiger partial charge in [0.05, 0.1) is 9.82 Å². The molecule has 0 heterocycles. The maximum Gasteiger partial charge on any atom is 0.342 e. The minimum absolute atomic E-state index is 0.0433. The molecule has 0 amide bonds. The van der Waals surface area contributed by atoms with E-state index in [1.165, 1.54) is 6.07 Å². The van der Waals surface area contributed by atoms with Crippen LogP contribution in [0.25, 0.3) is 0 Å². The Hall–Kier alpha value is -1.21. The molecule has 0 aromatic heterocycles. The zero-order chi connectivity index (χ0) is 10.9. The summed E-state index contributed by atoms with van der Waals surface area (Å²) < 4.78 is 0. The maximum absolute atomic E-state index is 10.6. The second kappa shape index (κ2) is 3.89. The molecule has 1 aromatic rings. The zero-order valence-electron chi connectivity index (χ0n) is 6.67. The van der Waals surface area contributed by atoms with Gasteiger partial charge in [-0.05, 0) is 12.1 Å². The molecule has 74 valence electrons. The number of nitrogens with zero attached hydrogens (tertiary/aromatic N) is 1. The molecule has 0 saturated heterocycles. The Morgan fingerprint density at radius 3 is 2.43 bits per heavy atom. The molecule has 0 unspecified atom stereocenters. The maximum atomic E-state index is 10.6. The number of carboxylic acids is 1. The van der Waals surface area contributed by atoms with E-state index in [1.807, 2.05) is 0 Å². The number of hydrogen-bond donors (Lipinski definition) is 3. The number of carboxylic acid groups (broad SMARTS) is 1. The lowest BCUT2D eigenvalue weighted by Gasteiger charge is -2.02. The SMILES string of the molecule is O=C(O)c1ccc(S)c(S)c1[N+](=O)[O-]. The number of benzene rings is 1. The Labute approximate surface area is 89.7 Å². The number of carbonyl (C=O) groups is 1. The highest BCUT2D eigenvalue weighted by molar-refractivity contribution is 7.83. The molecule has 0 fully saturated rings. The van der Waals surface area contributed by atoms with Crippen molar-refractivity contribution in [3.05, 3.63) is 27.8 Å². The molecule has 0 spiro atoms. The average molecular weight is 231 g/mol. The molecule has 1 rings (SSSR count). The van der Waals surface area contributed by atoms with Gasteiger partial charge in [0.25, 0.3) is 5.69 Å². The molecule has 0 atom stereocenters. The van der Waals surface area contributed by atoms with Crippen molar-refractivity contribution < 1.29 is 14.8 Å². The summed E-state index contributed by atoms with van der Waals surface area (Å²) in [6, 6.07) is 2.48. The molecule has 1 aromatic carbocycles. The Balaban J connectivity index is 3.53. The highest BCUT2D eigenvalue weighted by Gasteiger charge is 2.24. The zero-order valence-corrected chi connectivity index (χ0v) is 8.46. The first-order chi connectivity index (χ1) is 6.45. The molecule has 0 saturated carbocycles. The summed E-state index contributed by atoms with van der Waals surface area (Å²) in [6.45, 7) is 0. The second-order valence-electron chi connectivity index (χ2n) is 2.39. The van der Waals surface area contributed by atoms with E-state index in [2.05, 4.69) is 25.3 Å². The van der Waals surface area contributed by atoms with Gasteiger partial charge in [0.15, 0.2) is 0 Å². The molecule has 1 N–H and O–H groups in total. The van der Waals surface area contributed by atoms with Crippen molar-refractivity contribution in [1.82, 2.24) is 0 Å². The highest BCUT2D eigenvalue weighted by Crippen LogP contribution is 2.32. The summed E-state index contributed by atoms with van der Waals surface area (Å²) in [5.41, 5.74) is -0.925. The van der Waals surface area contributed by atoms with Crippen LogP contribution in [0.2, 0.25) is 0 Å². The molecule has 0 aliphatic carbocycles. The number of nitro benzene ring substituents is 1. The van der Waals surface area contributed by atoms with Crippen LogP contribution in [0.5, 0.6) is 0 Å². The van der Waals surface area contributed by atoms with Crippen LogP contribution in [-0.4, -0.2) is 16.0 Å². The number of nitro groups is 1. The molecular weight excluding hydrogens is 226 g/mol. The van der Waals surface area contributed by atoms with Gasteiger partial charge in [0.1, 0.15) is 5.56 Å². The van der Waals surface area contributed by atoms with Crippen LogP contribution in [0.3, 0.4) is 0 Å². The minimum atomic E-state index is -1.36. The third-order valence-corrected chi connectivity index (χ3v) is 2.54.